The fraction of sp³-hybridized carbons (Fsp3) is 0.355. The van der Waals surface area contributed by atoms with Crippen molar-refractivity contribution in [3.63, 3.8) is 0 Å². The predicted molar refractivity (Wildman–Crippen MR) is 151 cm³/mol. The number of nitrogens with zero attached hydrogens (tertiary/aromatic N) is 3. The molecule has 1 saturated carbocycles. The smallest absolute Gasteiger partial charge is 0.250 e. The number of carbonyl (C=O) groups is 1. The number of rotatable bonds is 7. The number of para-hydroxylation sites is 1. The minimum Gasteiger partial charge on any atom is -0.343 e. The van der Waals surface area contributed by atoms with E-state index >= 15 is 0 Å². The van der Waals surface area contributed by atoms with Crippen molar-refractivity contribution in [1.82, 2.24) is 19.4 Å². The monoisotopic (exact) mass is 528 g/mol. The molecule has 6 rings (SSSR count). The Morgan fingerprint density at radius 2 is 1.87 bits per heavy atom. The van der Waals surface area contributed by atoms with Gasteiger partial charge in [0.05, 0.1) is 5.92 Å². The minimum atomic E-state index is -0.182. The number of carbonyl (C=O) groups excluding carboxylic acids is 1. The highest BCUT2D eigenvalue weighted by atomic mass is 35.5. The Morgan fingerprint density at radius 3 is 2.63 bits per heavy atom. The van der Waals surface area contributed by atoms with Crippen molar-refractivity contribution in [3.05, 3.63) is 105 Å². The maximum atomic E-state index is 14.2. The highest BCUT2D eigenvalue weighted by molar-refractivity contribution is 6.30. The molecule has 0 spiro atoms. The van der Waals surface area contributed by atoms with Gasteiger partial charge in [-0.05, 0) is 72.7 Å². The number of amides is 1. The quantitative estimate of drug-likeness (QED) is 0.370. The largest absolute Gasteiger partial charge is 0.343 e. The van der Waals surface area contributed by atoms with E-state index in [1.165, 1.54) is 16.5 Å². The lowest BCUT2D eigenvalue weighted by Crippen LogP contribution is -2.47. The van der Waals surface area contributed by atoms with E-state index in [1.807, 2.05) is 24.4 Å². The summed E-state index contributed by atoms with van der Waals surface area (Å²) in [5.74, 6) is 0.0592. The second-order valence-electron chi connectivity index (χ2n) is 10.7. The number of hydrogen-bond donors (Lipinski definition) is 1. The van der Waals surface area contributed by atoms with Gasteiger partial charge in [-0.25, -0.2) is 0 Å². The Kier molecular flexibility index (Phi) is 6.85. The fourth-order valence-electron chi connectivity index (χ4n) is 5.85. The van der Waals surface area contributed by atoms with Crippen LogP contribution in [0.2, 0.25) is 5.02 Å². The molecule has 1 N–H and O–H groups in total. The third-order valence-corrected chi connectivity index (χ3v) is 8.36. The van der Waals surface area contributed by atoms with Gasteiger partial charge in [-0.15, -0.1) is 0 Å². The van der Waals surface area contributed by atoms with Crippen LogP contribution >= 0.6 is 11.6 Å². The lowest BCUT2D eigenvalue weighted by atomic mass is 9.80. The van der Waals surface area contributed by atoms with Crippen LogP contribution in [0.1, 0.15) is 41.9 Å². The maximum Gasteiger partial charge on any atom is 0.250 e. The van der Waals surface area contributed by atoms with Gasteiger partial charge in [0.2, 0.25) is 5.91 Å². The second kappa shape index (κ2) is 10.4. The van der Waals surface area contributed by atoms with Crippen LogP contribution in [0.4, 0.5) is 0 Å². The SMILES string of the molecule is Cn1ccc([C@@H]2CCNC[C@H]2C(=O)N(Cc2cn(Cc3ccc(Cl)cc3)c3ccccc23)C2CC2)cc1=O. The van der Waals surface area contributed by atoms with E-state index in [2.05, 4.69) is 57.4 Å². The zero-order valence-corrected chi connectivity index (χ0v) is 22.4. The highest BCUT2D eigenvalue weighted by Gasteiger charge is 2.40. The number of fused-ring (bicyclic) bond motifs is 1. The van der Waals surface area contributed by atoms with Gasteiger partial charge in [0.15, 0.2) is 0 Å². The summed E-state index contributed by atoms with van der Waals surface area (Å²) in [4.78, 5) is 28.6. The fourth-order valence-corrected chi connectivity index (χ4v) is 5.97. The summed E-state index contributed by atoms with van der Waals surface area (Å²) >= 11 is 6.10. The Bertz CT molecular complexity index is 1520. The van der Waals surface area contributed by atoms with Crippen LogP contribution in [0.15, 0.2) is 77.9 Å². The second-order valence-corrected chi connectivity index (χ2v) is 11.2. The van der Waals surface area contributed by atoms with Crippen LogP contribution in [0, 0.1) is 5.92 Å². The van der Waals surface area contributed by atoms with E-state index in [9.17, 15) is 9.59 Å². The Hall–Kier alpha value is -3.35. The molecule has 1 aliphatic carbocycles. The molecule has 0 radical (unpaired) electrons. The van der Waals surface area contributed by atoms with Crippen molar-refractivity contribution in [3.8, 4) is 0 Å². The van der Waals surface area contributed by atoms with Gasteiger partial charge in [0, 0.05) is 67.1 Å². The maximum absolute atomic E-state index is 14.2. The van der Waals surface area contributed by atoms with Gasteiger partial charge in [0.1, 0.15) is 0 Å². The first kappa shape index (κ1) is 25.0. The molecule has 2 aromatic heterocycles. The normalized spacial score (nSPS) is 19.5. The summed E-state index contributed by atoms with van der Waals surface area (Å²) in [6, 6.07) is 20.4. The summed E-state index contributed by atoms with van der Waals surface area (Å²) in [6.45, 7) is 2.83. The summed E-state index contributed by atoms with van der Waals surface area (Å²) in [7, 11) is 1.76. The number of benzene rings is 2. The molecule has 2 aromatic carbocycles. The summed E-state index contributed by atoms with van der Waals surface area (Å²) in [5.41, 5.74) is 4.46. The third-order valence-electron chi connectivity index (χ3n) is 8.10. The molecule has 3 heterocycles. The molecule has 7 heteroatoms. The van der Waals surface area contributed by atoms with Crippen molar-refractivity contribution >= 4 is 28.4 Å². The molecule has 1 saturated heterocycles. The van der Waals surface area contributed by atoms with Gasteiger partial charge >= 0.3 is 0 Å². The van der Waals surface area contributed by atoms with Crippen molar-refractivity contribution in [2.75, 3.05) is 13.1 Å². The van der Waals surface area contributed by atoms with Crippen LogP contribution in [-0.4, -0.2) is 39.1 Å². The molecule has 1 amide bonds. The molecule has 38 heavy (non-hydrogen) atoms. The van der Waals surface area contributed by atoms with Crippen molar-refractivity contribution in [2.24, 2.45) is 13.0 Å². The molecule has 4 aromatic rings. The molecule has 196 valence electrons. The summed E-state index contributed by atoms with van der Waals surface area (Å²) in [5, 5.41) is 5.36. The average molecular weight is 529 g/mol. The van der Waals surface area contributed by atoms with Gasteiger partial charge < -0.3 is 19.4 Å². The number of nitrogens with one attached hydrogen (secondary N) is 1. The van der Waals surface area contributed by atoms with Gasteiger partial charge in [-0.1, -0.05) is 41.9 Å². The van der Waals surface area contributed by atoms with E-state index in [1.54, 1.807) is 17.7 Å². The number of halogens is 1. The Labute approximate surface area is 227 Å². The van der Waals surface area contributed by atoms with E-state index in [0.717, 1.165) is 48.5 Å². The van der Waals surface area contributed by atoms with E-state index in [-0.39, 0.29) is 29.3 Å². The molecule has 1 aliphatic heterocycles. The lowest BCUT2D eigenvalue weighted by Gasteiger charge is -2.35. The van der Waals surface area contributed by atoms with E-state index in [4.69, 9.17) is 11.6 Å². The number of aromatic nitrogens is 2. The Morgan fingerprint density at radius 1 is 1.08 bits per heavy atom. The molecule has 2 fully saturated rings. The molecule has 0 bridgehead atoms. The molecule has 0 unspecified atom stereocenters. The standard InChI is InChI=1S/C31H33ClN4O2/c1-34-15-13-22(16-30(34)37)26-12-14-33-17-28(26)31(38)36(25-10-11-25)20-23-19-35(29-5-3-2-4-27(23)29)18-21-6-8-24(32)9-7-21/h2-9,13,15-16,19,25-26,28,33H,10-12,14,17-18,20H2,1H3/t26-,28+/m0/s1. The zero-order chi connectivity index (χ0) is 26.2. The summed E-state index contributed by atoms with van der Waals surface area (Å²) in [6.07, 6.45) is 6.97. The van der Waals surface area contributed by atoms with Crippen LogP contribution in [0.25, 0.3) is 10.9 Å². The molecular weight excluding hydrogens is 496 g/mol. The summed E-state index contributed by atoms with van der Waals surface area (Å²) < 4.78 is 3.85. The van der Waals surface area contributed by atoms with Crippen LogP contribution < -0.4 is 10.9 Å². The van der Waals surface area contributed by atoms with Crippen molar-refractivity contribution in [1.29, 1.82) is 0 Å². The number of hydrogen-bond acceptors (Lipinski definition) is 3. The zero-order valence-electron chi connectivity index (χ0n) is 21.6. The molecule has 2 aliphatic rings. The van der Waals surface area contributed by atoms with Crippen LogP contribution in [-0.2, 0) is 24.9 Å². The van der Waals surface area contributed by atoms with E-state index < -0.39 is 0 Å². The van der Waals surface area contributed by atoms with Gasteiger partial charge in [0.25, 0.3) is 5.56 Å². The number of pyridine rings is 1. The van der Waals surface area contributed by atoms with E-state index in [0.29, 0.717) is 13.1 Å². The third kappa shape index (κ3) is 5.03. The first-order chi connectivity index (χ1) is 18.5. The number of aryl methyl sites for hydroxylation is 1. The topological polar surface area (TPSA) is 59.3 Å². The first-order valence-corrected chi connectivity index (χ1v) is 13.8. The van der Waals surface area contributed by atoms with Crippen molar-refractivity contribution < 1.29 is 4.79 Å². The molecule has 2 atom stereocenters. The van der Waals surface area contributed by atoms with Crippen molar-refractivity contribution in [2.45, 2.75) is 44.3 Å². The van der Waals surface area contributed by atoms with Crippen LogP contribution in [0.3, 0.4) is 0 Å². The minimum absolute atomic E-state index is 0.0280. The van der Waals surface area contributed by atoms with Gasteiger partial charge in [-0.2, -0.15) is 0 Å². The average Bonchev–Trinajstić information content (AvgIpc) is 3.73. The van der Waals surface area contributed by atoms with Crippen LogP contribution in [0.5, 0.6) is 0 Å². The predicted octanol–water partition coefficient (Wildman–Crippen LogP) is 4.93. The Balaban J connectivity index is 1.30. The van der Waals surface area contributed by atoms with Gasteiger partial charge in [-0.3, -0.25) is 9.59 Å². The first-order valence-electron chi connectivity index (χ1n) is 13.5. The molecular formula is C31H33ClN4O2. The highest BCUT2D eigenvalue weighted by Crippen LogP contribution is 2.37. The lowest BCUT2D eigenvalue weighted by molar-refractivity contribution is -0.138. The molecule has 6 nitrogen and oxygen atoms in total. The number of piperidine rings is 1.